The van der Waals surface area contributed by atoms with E-state index in [0.29, 0.717) is 35.0 Å². The molecule has 2 N–H and O–H groups in total. The number of amides is 1. The van der Waals surface area contributed by atoms with E-state index in [-0.39, 0.29) is 12.3 Å². The van der Waals surface area contributed by atoms with Gasteiger partial charge in [-0.2, -0.15) is 0 Å². The van der Waals surface area contributed by atoms with E-state index in [1.54, 1.807) is 18.2 Å². The van der Waals surface area contributed by atoms with Gasteiger partial charge in [-0.15, -0.1) is 0 Å². The van der Waals surface area contributed by atoms with Crippen LogP contribution < -0.4 is 5.73 Å². The summed E-state index contributed by atoms with van der Waals surface area (Å²) in [5, 5.41) is 0.629. The van der Waals surface area contributed by atoms with Crippen LogP contribution in [-0.2, 0) is 20.6 Å². The number of rotatable bonds is 4. The van der Waals surface area contributed by atoms with Gasteiger partial charge in [0.25, 0.3) is 0 Å². The van der Waals surface area contributed by atoms with Crippen molar-refractivity contribution in [3.05, 3.63) is 33.8 Å². The van der Waals surface area contributed by atoms with Crippen molar-refractivity contribution in [1.82, 2.24) is 4.31 Å². The normalized spacial score (nSPS) is 20.4. The van der Waals surface area contributed by atoms with E-state index >= 15 is 0 Å². The second kappa shape index (κ2) is 6.52. The van der Waals surface area contributed by atoms with Crippen LogP contribution in [0, 0.1) is 5.92 Å². The zero-order valence-corrected chi connectivity index (χ0v) is 13.6. The maximum atomic E-state index is 12.5. The van der Waals surface area contributed by atoms with Crippen molar-refractivity contribution in [2.75, 3.05) is 13.1 Å². The molecule has 5 nitrogen and oxygen atoms in total. The number of primary amides is 1. The first-order valence-electron chi connectivity index (χ1n) is 6.51. The Morgan fingerprint density at radius 3 is 2.52 bits per heavy atom. The third kappa shape index (κ3) is 3.88. The summed E-state index contributed by atoms with van der Waals surface area (Å²) in [5.74, 6) is -1.18. The van der Waals surface area contributed by atoms with Gasteiger partial charge >= 0.3 is 0 Å². The Morgan fingerprint density at radius 2 is 1.95 bits per heavy atom. The number of nitrogens with zero attached hydrogens (tertiary/aromatic N) is 1. The van der Waals surface area contributed by atoms with E-state index in [2.05, 4.69) is 0 Å². The van der Waals surface area contributed by atoms with Gasteiger partial charge in [0.05, 0.1) is 11.7 Å². The smallest absolute Gasteiger partial charge is 0.221 e. The Balaban J connectivity index is 2.20. The Hall–Kier alpha value is -0.820. The van der Waals surface area contributed by atoms with Crippen molar-refractivity contribution in [1.29, 1.82) is 0 Å². The van der Waals surface area contributed by atoms with Gasteiger partial charge in [-0.1, -0.05) is 29.3 Å². The maximum Gasteiger partial charge on any atom is 0.221 e. The van der Waals surface area contributed by atoms with E-state index in [1.165, 1.54) is 4.31 Å². The lowest BCUT2D eigenvalue weighted by Gasteiger charge is -2.30. The molecule has 1 aromatic rings. The largest absolute Gasteiger partial charge is 0.369 e. The summed E-state index contributed by atoms with van der Waals surface area (Å²) in [7, 11) is -3.59. The number of carbonyl (C=O) groups excluding carboxylic acids is 1. The summed E-state index contributed by atoms with van der Waals surface area (Å²) in [6, 6.07) is 4.85. The zero-order valence-electron chi connectivity index (χ0n) is 11.3. The van der Waals surface area contributed by atoms with E-state index in [4.69, 9.17) is 28.9 Å². The highest BCUT2D eigenvalue weighted by atomic mass is 35.5. The predicted molar refractivity (Wildman–Crippen MR) is 82.6 cm³/mol. The fourth-order valence-electron chi connectivity index (χ4n) is 2.37. The number of hydrogen-bond donors (Lipinski definition) is 1. The van der Waals surface area contributed by atoms with Gasteiger partial charge in [0.15, 0.2) is 0 Å². The number of hydrogen-bond acceptors (Lipinski definition) is 3. The molecule has 2 rings (SSSR count). The second-order valence-corrected chi connectivity index (χ2v) is 7.84. The van der Waals surface area contributed by atoms with E-state index in [0.717, 1.165) is 0 Å². The molecule has 0 bridgehead atoms. The second-order valence-electron chi connectivity index (χ2n) is 5.06. The highest BCUT2D eigenvalue weighted by Gasteiger charge is 2.32. The average Bonchev–Trinajstić information content (AvgIpc) is 2.43. The lowest BCUT2D eigenvalue weighted by atomic mass is 9.99. The third-order valence-electron chi connectivity index (χ3n) is 3.57. The van der Waals surface area contributed by atoms with Crippen LogP contribution >= 0.6 is 23.2 Å². The summed E-state index contributed by atoms with van der Waals surface area (Å²) in [4.78, 5) is 11.3. The number of benzene rings is 1. The minimum Gasteiger partial charge on any atom is -0.369 e. The molecular weight excluding hydrogens is 335 g/mol. The zero-order chi connectivity index (χ0) is 15.6. The minimum absolute atomic E-state index is 0.125. The van der Waals surface area contributed by atoms with Crippen LogP contribution in [0.2, 0.25) is 10.0 Å². The van der Waals surface area contributed by atoms with Crippen molar-refractivity contribution in [3.63, 3.8) is 0 Å². The number of nitrogens with two attached hydrogens (primary N) is 1. The van der Waals surface area contributed by atoms with Crippen molar-refractivity contribution in [3.8, 4) is 0 Å². The number of carbonyl (C=O) groups is 1. The molecule has 1 atom stereocenters. The molecule has 0 radical (unpaired) electrons. The Morgan fingerprint density at radius 1 is 1.33 bits per heavy atom. The quantitative estimate of drug-likeness (QED) is 0.901. The Labute approximate surface area is 134 Å². The van der Waals surface area contributed by atoms with Crippen LogP contribution in [0.4, 0.5) is 0 Å². The van der Waals surface area contributed by atoms with Crippen LogP contribution in [0.3, 0.4) is 0 Å². The Kier molecular flexibility index (Phi) is 5.14. The molecule has 0 aliphatic carbocycles. The average molecular weight is 351 g/mol. The van der Waals surface area contributed by atoms with Gasteiger partial charge in [0, 0.05) is 28.7 Å². The molecule has 8 heteroatoms. The van der Waals surface area contributed by atoms with Crippen LogP contribution in [0.5, 0.6) is 0 Å². The van der Waals surface area contributed by atoms with E-state index in [1.807, 2.05) is 0 Å². The van der Waals surface area contributed by atoms with Crippen molar-refractivity contribution in [2.24, 2.45) is 11.7 Å². The lowest BCUT2D eigenvalue weighted by molar-refractivity contribution is -0.122. The van der Waals surface area contributed by atoms with Crippen LogP contribution in [-0.4, -0.2) is 31.7 Å². The van der Waals surface area contributed by atoms with Crippen molar-refractivity contribution < 1.29 is 13.2 Å². The highest BCUT2D eigenvalue weighted by molar-refractivity contribution is 7.88. The SMILES string of the molecule is NC(=O)C1CCCN(S(=O)(=O)Cc2c(Cl)cccc2Cl)C1. The van der Waals surface area contributed by atoms with Gasteiger partial charge < -0.3 is 5.73 Å². The molecule has 1 fully saturated rings. The monoisotopic (exact) mass is 350 g/mol. The number of piperidine rings is 1. The minimum atomic E-state index is -3.59. The summed E-state index contributed by atoms with van der Waals surface area (Å²) in [6.07, 6.45) is 1.23. The standard InChI is InChI=1S/C13H16Cl2N2O3S/c14-11-4-1-5-12(15)10(11)8-21(19,20)17-6-2-3-9(7-17)13(16)18/h1,4-5,9H,2-3,6-8H2,(H2,16,18). The molecule has 1 saturated heterocycles. The highest BCUT2D eigenvalue weighted by Crippen LogP contribution is 2.28. The first-order valence-corrected chi connectivity index (χ1v) is 8.88. The first kappa shape index (κ1) is 16.5. The molecular formula is C13H16Cl2N2O3S. The maximum absolute atomic E-state index is 12.5. The lowest BCUT2D eigenvalue weighted by Crippen LogP contribution is -2.44. The molecule has 1 aliphatic rings. The van der Waals surface area contributed by atoms with Gasteiger partial charge in [0.1, 0.15) is 0 Å². The molecule has 0 saturated carbocycles. The topological polar surface area (TPSA) is 80.5 Å². The van der Waals surface area contributed by atoms with Gasteiger partial charge in [0.2, 0.25) is 15.9 Å². The summed E-state index contributed by atoms with van der Waals surface area (Å²) < 4.78 is 26.3. The van der Waals surface area contributed by atoms with E-state index in [9.17, 15) is 13.2 Å². The number of sulfonamides is 1. The molecule has 0 aromatic heterocycles. The molecule has 1 heterocycles. The van der Waals surface area contributed by atoms with Crippen molar-refractivity contribution in [2.45, 2.75) is 18.6 Å². The molecule has 1 aliphatic heterocycles. The van der Waals surface area contributed by atoms with Crippen LogP contribution in [0.1, 0.15) is 18.4 Å². The molecule has 1 unspecified atom stereocenters. The third-order valence-corrected chi connectivity index (χ3v) is 6.05. The van der Waals surface area contributed by atoms with E-state index < -0.39 is 21.8 Å². The summed E-state index contributed by atoms with van der Waals surface area (Å²) >= 11 is 12.0. The first-order chi connectivity index (χ1) is 9.81. The molecule has 116 valence electrons. The molecule has 21 heavy (non-hydrogen) atoms. The fraction of sp³-hybridized carbons (Fsp3) is 0.462. The summed E-state index contributed by atoms with van der Waals surface area (Å²) in [6.45, 7) is 0.508. The van der Waals surface area contributed by atoms with Gasteiger partial charge in [-0.05, 0) is 25.0 Å². The van der Waals surface area contributed by atoms with Crippen LogP contribution in [0.25, 0.3) is 0 Å². The van der Waals surface area contributed by atoms with Crippen molar-refractivity contribution >= 4 is 39.1 Å². The summed E-state index contributed by atoms with van der Waals surface area (Å²) in [5.41, 5.74) is 5.65. The van der Waals surface area contributed by atoms with Crippen LogP contribution in [0.15, 0.2) is 18.2 Å². The number of halogens is 2. The fourth-order valence-corrected chi connectivity index (χ4v) is 4.73. The Bertz CT molecular complexity index is 629. The molecule has 0 spiro atoms. The van der Waals surface area contributed by atoms with Gasteiger partial charge in [-0.3, -0.25) is 4.79 Å². The molecule has 1 amide bonds. The van der Waals surface area contributed by atoms with Gasteiger partial charge in [-0.25, -0.2) is 12.7 Å². The molecule has 1 aromatic carbocycles. The predicted octanol–water partition coefficient (Wildman–Crippen LogP) is 2.02.